The van der Waals surface area contributed by atoms with E-state index in [0.717, 1.165) is 22.2 Å². The fourth-order valence-corrected chi connectivity index (χ4v) is 2.49. The third-order valence-electron chi connectivity index (χ3n) is 3.37. The number of carbonyl (C=O) groups is 1. The monoisotopic (exact) mass is 358 g/mol. The molecular formula is C17H15BrN2O2. The summed E-state index contributed by atoms with van der Waals surface area (Å²) in [5, 5.41) is 5.88. The van der Waals surface area contributed by atoms with Gasteiger partial charge >= 0.3 is 0 Å². The maximum atomic E-state index is 12.1. The number of hydrazone groups is 1. The lowest BCUT2D eigenvalue weighted by Crippen LogP contribution is -2.28. The van der Waals surface area contributed by atoms with E-state index in [-0.39, 0.29) is 12.5 Å². The van der Waals surface area contributed by atoms with Crippen molar-refractivity contribution in [1.29, 1.82) is 0 Å². The van der Waals surface area contributed by atoms with Crippen molar-refractivity contribution < 1.29 is 9.53 Å². The number of benzene rings is 2. The van der Waals surface area contributed by atoms with Crippen molar-refractivity contribution in [2.24, 2.45) is 5.10 Å². The molecule has 1 aliphatic heterocycles. The van der Waals surface area contributed by atoms with Crippen LogP contribution in [-0.2, 0) is 4.79 Å². The molecule has 2 aromatic rings. The molecule has 112 valence electrons. The Morgan fingerprint density at radius 2 is 1.86 bits per heavy atom. The van der Waals surface area contributed by atoms with Gasteiger partial charge in [-0.1, -0.05) is 46.3 Å². The summed E-state index contributed by atoms with van der Waals surface area (Å²) in [5.74, 6) is 0.539. The van der Waals surface area contributed by atoms with E-state index in [4.69, 9.17) is 4.74 Å². The summed E-state index contributed by atoms with van der Waals surface area (Å²) in [5.41, 5.74) is 2.00. The molecule has 1 aliphatic rings. The van der Waals surface area contributed by atoms with Gasteiger partial charge in [-0.3, -0.25) is 4.79 Å². The third-order valence-corrected chi connectivity index (χ3v) is 3.90. The van der Waals surface area contributed by atoms with Gasteiger partial charge in [-0.05, 0) is 29.8 Å². The molecule has 0 bridgehead atoms. The van der Waals surface area contributed by atoms with Gasteiger partial charge in [0.1, 0.15) is 5.75 Å². The van der Waals surface area contributed by atoms with Crippen LogP contribution in [0.5, 0.6) is 5.75 Å². The summed E-state index contributed by atoms with van der Waals surface area (Å²) in [4.78, 5) is 12.1. The lowest BCUT2D eigenvalue weighted by atomic mass is 10.1. The molecule has 0 N–H and O–H groups in total. The molecule has 0 atom stereocenters. The number of halogens is 1. The number of hydrogen-bond donors (Lipinski definition) is 0. The van der Waals surface area contributed by atoms with E-state index in [1.54, 1.807) is 0 Å². The Morgan fingerprint density at radius 1 is 1.14 bits per heavy atom. The summed E-state index contributed by atoms with van der Waals surface area (Å²) in [6.07, 6.45) is 0.772. The van der Waals surface area contributed by atoms with Crippen LogP contribution in [0.15, 0.2) is 64.2 Å². The fraction of sp³-hybridized carbons (Fsp3) is 0.176. The molecule has 0 fully saturated rings. The van der Waals surface area contributed by atoms with Gasteiger partial charge in [0.2, 0.25) is 0 Å². The van der Waals surface area contributed by atoms with E-state index >= 15 is 0 Å². The van der Waals surface area contributed by atoms with Crippen molar-refractivity contribution in [2.45, 2.75) is 6.42 Å². The first kappa shape index (κ1) is 14.8. The molecule has 2 aromatic carbocycles. The second kappa shape index (κ2) is 6.75. The molecule has 0 saturated carbocycles. The maximum Gasteiger partial charge on any atom is 0.280 e. The summed E-state index contributed by atoms with van der Waals surface area (Å²) < 4.78 is 6.47. The highest BCUT2D eigenvalue weighted by molar-refractivity contribution is 9.10. The van der Waals surface area contributed by atoms with Crippen molar-refractivity contribution in [3.8, 4) is 5.75 Å². The quantitative estimate of drug-likeness (QED) is 0.839. The van der Waals surface area contributed by atoms with E-state index in [1.807, 2.05) is 54.6 Å². The van der Waals surface area contributed by atoms with Crippen molar-refractivity contribution >= 4 is 27.5 Å². The second-order valence-electron chi connectivity index (χ2n) is 4.92. The summed E-state index contributed by atoms with van der Waals surface area (Å²) in [6.45, 7) is 0.597. The van der Waals surface area contributed by atoms with Gasteiger partial charge in [0.05, 0.1) is 12.3 Å². The zero-order valence-corrected chi connectivity index (χ0v) is 13.5. The molecule has 3 rings (SSSR count). The zero-order chi connectivity index (χ0) is 15.4. The minimum absolute atomic E-state index is 0.00674. The lowest BCUT2D eigenvalue weighted by Gasteiger charge is -2.12. The number of rotatable bonds is 4. The van der Waals surface area contributed by atoms with Crippen molar-refractivity contribution in [3.05, 3.63) is 64.6 Å². The molecule has 0 radical (unpaired) electrons. The first-order chi connectivity index (χ1) is 10.7. The number of ether oxygens (including phenoxy) is 1. The molecule has 0 aromatic heterocycles. The molecule has 0 spiro atoms. The van der Waals surface area contributed by atoms with Crippen LogP contribution in [0.3, 0.4) is 0 Å². The zero-order valence-electron chi connectivity index (χ0n) is 11.9. The van der Waals surface area contributed by atoms with Gasteiger partial charge in [0.15, 0.2) is 6.61 Å². The van der Waals surface area contributed by atoms with Crippen LogP contribution in [0.25, 0.3) is 0 Å². The lowest BCUT2D eigenvalue weighted by molar-refractivity contribution is -0.132. The van der Waals surface area contributed by atoms with Crippen LogP contribution in [0.4, 0.5) is 0 Å². The van der Waals surface area contributed by atoms with Crippen LogP contribution in [-0.4, -0.2) is 29.8 Å². The molecule has 0 aliphatic carbocycles. The number of amides is 1. The van der Waals surface area contributed by atoms with E-state index in [1.165, 1.54) is 5.01 Å². The Bertz CT molecular complexity index is 684. The molecule has 4 nitrogen and oxygen atoms in total. The predicted molar refractivity (Wildman–Crippen MR) is 88.9 cm³/mol. The highest BCUT2D eigenvalue weighted by atomic mass is 79.9. The number of carbonyl (C=O) groups excluding carboxylic acids is 1. The SMILES string of the molecule is O=C(COc1ccc(Br)cc1)N1CCC(c2ccccc2)=N1. The summed E-state index contributed by atoms with van der Waals surface area (Å²) in [6, 6.07) is 17.3. The average Bonchev–Trinajstić information content (AvgIpc) is 3.05. The summed E-state index contributed by atoms with van der Waals surface area (Å²) >= 11 is 3.36. The largest absolute Gasteiger partial charge is 0.484 e. The Morgan fingerprint density at radius 3 is 2.59 bits per heavy atom. The average molecular weight is 359 g/mol. The smallest absolute Gasteiger partial charge is 0.280 e. The Hall–Kier alpha value is -2.14. The van der Waals surface area contributed by atoms with Gasteiger partial charge < -0.3 is 4.74 Å². The number of nitrogens with zero attached hydrogens (tertiary/aromatic N) is 2. The van der Waals surface area contributed by atoms with Crippen molar-refractivity contribution in [1.82, 2.24) is 5.01 Å². The van der Waals surface area contributed by atoms with Crippen molar-refractivity contribution in [2.75, 3.05) is 13.2 Å². The first-order valence-electron chi connectivity index (χ1n) is 7.04. The molecule has 1 amide bonds. The van der Waals surface area contributed by atoms with Gasteiger partial charge in [0, 0.05) is 10.9 Å². The Kier molecular flexibility index (Phi) is 4.53. The van der Waals surface area contributed by atoms with Crippen LogP contribution in [0, 0.1) is 0 Å². The summed E-state index contributed by atoms with van der Waals surface area (Å²) in [7, 11) is 0. The van der Waals surface area contributed by atoms with Crippen LogP contribution in [0.2, 0.25) is 0 Å². The Balaban J connectivity index is 1.59. The molecular weight excluding hydrogens is 344 g/mol. The van der Waals surface area contributed by atoms with Gasteiger partial charge in [-0.25, -0.2) is 5.01 Å². The standard InChI is InChI=1S/C17H15BrN2O2/c18-14-6-8-15(9-7-14)22-12-17(21)20-11-10-16(19-20)13-4-2-1-3-5-13/h1-9H,10-12H2. The molecule has 0 saturated heterocycles. The number of hydrogen-bond acceptors (Lipinski definition) is 3. The minimum Gasteiger partial charge on any atom is -0.484 e. The molecule has 5 heteroatoms. The maximum absolute atomic E-state index is 12.1. The van der Waals surface area contributed by atoms with Crippen LogP contribution < -0.4 is 4.74 Å². The topological polar surface area (TPSA) is 41.9 Å². The normalized spacial score (nSPS) is 13.9. The third kappa shape index (κ3) is 3.54. The Labute approximate surface area is 137 Å². The fourth-order valence-electron chi connectivity index (χ4n) is 2.22. The highest BCUT2D eigenvalue weighted by Crippen LogP contribution is 2.17. The van der Waals surface area contributed by atoms with E-state index in [0.29, 0.717) is 12.3 Å². The van der Waals surface area contributed by atoms with Crippen molar-refractivity contribution in [3.63, 3.8) is 0 Å². The molecule has 22 heavy (non-hydrogen) atoms. The first-order valence-corrected chi connectivity index (χ1v) is 7.83. The van der Waals surface area contributed by atoms with Gasteiger partial charge in [-0.2, -0.15) is 5.10 Å². The van der Waals surface area contributed by atoms with Gasteiger partial charge in [0.25, 0.3) is 5.91 Å². The highest BCUT2D eigenvalue weighted by Gasteiger charge is 2.21. The minimum atomic E-state index is -0.131. The van der Waals surface area contributed by atoms with Crippen LogP contribution >= 0.6 is 15.9 Å². The van der Waals surface area contributed by atoms with E-state index in [9.17, 15) is 4.79 Å². The molecule has 0 unspecified atom stereocenters. The van der Waals surface area contributed by atoms with Gasteiger partial charge in [-0.15, -0.1) is 0 Å². The molecule has 1 heterocycles. The van der Waals surface area contributed by atoms with E-state index in [2.05, 4.69) is 21.0 Å². The predicted octanol–water partition coefficient (Wildman–Crippen LogP) is 3.46. The second-order valence-corrected chi connectivity index (χ2v) is 5.84. The van der Waals surface area contributed by atoms with Crippen LogP contribution in [0.1, 0.15) is 12.0 Å². The van der Waals surface area contributed by atoms with E-state index < -0.39 is 0 Å².